The number of amides is 2. The number of rotatable bonds is 6. The zero-order valence-corrected chi connectivity index (χ0v) is 22.7. The van der Waals surface area contributed by atoms with E-state index in [0.29, 0.717) is 43.9 Å². The van der Waals surface area contributed by atoms with Gasteiger partial charge in [0.2, 0.25) is 0 Å². The van der Waals surface area contributed by atoms with E-state index in [1.54, 1.807) is 34.4 Å². The van der Waals surface area contributed by atoms with Crippen LogP contribution in [0.25, 0.3) is 0 Å². The highest BCUT2D eigenvalue weighted by molar-refractivity contribution is 7.15. The van der Waals surface area contributed by atoms with Crippen molar-refractivity contribution < 1.29 is 19.1 Å². The fourth-order valence-electron chi connectivity index (χ4n) is 4.02. The second-order valence-corrected chi connectivity index (χ2v) is 11.0. The molecule has 0 spiro atoms. The molecule has 0 bridgehead atoms. The van der Waals surface area contributed by atoms with E-state index in [1.807, 2.05) is 64.2 Å². The zero-order chi connectivity index (χ0) is 26.6. The first-order valence-electron chi connectivity index (χ1n) is 12.2. The average Bonchev–Trinajstić information content (AvgIpc) is 3.31. The third-order valence-electron chi connectivity index (χ3n) is 5.93. The van der Waals surface area contributed by atoms with E-state index in [-0.39, 0.29) is 12.0 Å². The van der Waals surface area contributed by atoms with Gasteiger partial charge in [-0.1, -0.05) is 6.07 Å². The number of benzene rings is 1. The monoisotopic (exact) mass is 523 g/mol. The molecule has 1 fully saturated rings. The van der Waals surface area contributed by atoms with Crippen LogP contribution in [0.4, 0.5) is 15.7 Å². The number of carbonyl (C=O) groups excluding carboxylic acids is 2. The highest BCUT2D eigenvalue weighted by atomic mass is 32.1. The average molecular weight is 524 g/mol. The molecule has 2 amide bonds. The van der Waals surface area contributed by atoms with Gasteiger partial charge >= 0.3 is 6.09 Å². The maximum Gasteiger partial charge on any atom is 0.410 e. The van der Waals surface area contributed by atoms with E-state index >= 15 is 0 Å². The quantitative estimate of drug-likeness (QED) is 0.492. The summed E-state index contributed by atoms with van der Waals surface area (Å²) in [5.41, 5.74) is 2.04. The van der Waals surface area contributed by atoms with Crippen LogP contribution in [0.3, 0.4) is 0 Å². The number of anilines is 2. The summed E-state index contributed by atoms with van der Waals surface area (Å²) in [5.74, 6) is 1.18. The van der Waals surface area contributed by atoms with E-state index in [1.165, 1.54) is 0 Å². The number of hydrogen-bond donors (Lipinski definition) is 1. The van der Waals surface area contributed by atoms with Crippen LogP contribution in [0, 0.1) is 6.92 Å². The molecular weight excluding hydrogens is 490 g/mol. The van der Waals surface area contributed by atoms with Crippen LogP contribution in [-0.4, -0.2) is 70.7 Å². The van der Waals surface area contributed by atoms with Crippen molar-refractivity contribution in [1.29, 1.82) is 0 Å². The van der Waals surface area contributed by atoms with Crippen LogP contribution in [0.1, 0.15) is 47.1 Å². The fraction of sp³-hybridized carbons (Fsp3) is 0.407. The van der Waals surface area contributed by atoms with Crippen molar-refractivity contribution in [1.82, 2.24) is 19.8 Å². The lowest BCUT2D eigenvalue weighted by molar-refractivity contribution is 0.0140. The van der Waals surface area contributed by atoms with Crippen molar-refractivity contribution in [2.75, 3.05) is 38.6 Å². The summed E-state index contributed by atoms with van der Waals surface area (Å²) in [4.78, 5) is 39.1. The van der Waals surface area contributed by atoms with Crippen molar-refractivity contribution in [3.05, 3.63) is 64.3 Å². The molecule has 1 N–H and O–H groups in total. The lowest BCUT2D eigenvalue weighted by Gasteiger charge is -2.35. The Morgan fingerprint density at radius 2 is 1.81 bits per heavy atom. The van der Waals surface area contributed by atoms with E-state index in [9.17, 15) is 9.59 Å². The SMILES string of the molecule is COc1cc(C)c(Cc2cnc(Nc3ccccn3)s2)cc1C(=O)N1CCN(C(=O)OC(C)(C)C)CC1. The normalized spacial score (nSPS) is 13.9. The number of aryl methyl sites for hydroxylation is 1. The summed E-state index contributed by atoms with van der Waals surface area (Å²) in [5, 5.41) is 3.98. The largest absolute Gasteiger partial charge is 0.496 e. The smallest absolute Gasteiger partial charge is 0.410 e. The highest BCUT2D eigenvalue weighted by Crippen LogP contribution is 2.29. The van der Waals surface area contributed by atoms with Gasteiger partial charge in [0, 0.05) is 49.9 Å². The molecule has 2 aromatic heterocycles. The van der Waals surface area contributed by atoms with Gasteiger partial charge in [-0.15, -0.1) is 11.3 Å². The number of piperazine rings is 1. The number of nitrogens with one attached hydrogen (secondary N) is 1. The number of nitrogens with zero attached hydrogens (tertiary/aromatic N) is 4. The third kappa shape index (κ3) is 6.76. The maximum absolute atomic E-state index is 13.5. The molecule has 0 radical (unpaired) electrons. The van der Waals surface area contributed by atoms with E-state index < -0.39 is 5.60 Å². The molecule has 1 saturated heterocycles. The van der Waals surface area contributed by atoms with Crippen molar-refractivity contribution in [2.45, 2.75) is 39.7 Å². The Kier molecular flexibility index (Phi) is 7.97. The van der Waals surface area contributed by atoms with Gasteiger partial charge in [0.05, 0.1) is 12.7 Å². The number of pyridine rings is 1. The standard InChI is InChI=1S/C27H33N5O4S/c1-18-14-22(35-5)21(24(33)31-10-12-32(13-11-31)26(34)36-27(2,3)4)16-19(18)15-20-17-29-25(37-20)30-23-8-6-7-9-28-23/h6-9,14,16-17H,10-13,15H2,1-5H3,(H,28,29,30). The Labute approximate surface area is 221 Å². The molecule has 4 rings (SSSR count). The molecule has 0 atom stereocenters. The van der Waals surface area contributed by atoms with Crippen molar-refractivity contribution >= 4 is 34.3 Å². The summed E-state index contributed by atoms with van der Waals surface area (Å²) >= 11 is 1.55. The first-order chi connectivity index (χ1) is 17.6. The molecule has 1 aliphatic heterocycles. The summed E-state index contributed by atoms with van der Waals surface area (Å²) in [6.07, 6.45) is 3.87. The minimum Gasteiger partial charge on any atom is -0.496 e. The van der Waals surface area contributed by atoms with E-state index in [0.717, 1.165) is 27.0 Å². The molecule has 10 heteroatoms. The third-order valence-corrected chi connectivity index (χ3v) is 6.84. The van der Waals surface area contributed by atoms with Gasteiger partial charge in [0.15, 0.2) is 5.13 Å². The van der Waals surface area contributed by atoms with Crippen LogP contribution in [-0.2, 0) is 11.2 Å². The van der Waals surface area contributed by atoms with Gasteiger partial charge in [0.1, 0.15) is 17.2 Å². The van der Waals surface area contributed by atoms with Crippen molar-refractivity contribution in [3.63, 3.8) is 0 Å². The van der Waals surface area contributed by atoms with Crippen molar-refractivity contribution in [3.8, 4) is 5.75 Å². The van der Waals surface area contributed by atoms with Crippen molar-refractivity contribution in [2.24, 2.45) is 0 Å². The predicted molar refractivity (Wildman–Crippen MR) is 144 cm³/mol. The summed E-state index contributed by atoms with van der Waals surface area (Å²) in [6.45, 7) is 9.26. The summed E-state index contributed by atoms with van der Waals surface area (Å²) < 4.78 is 11.0. The Balaban J connectivity index is 1.45. The van der Waals surface area contributed by atoms with Crippen LogP contribution in [0.5, 0.6) is 5.75 Å². The lowest BCUT2D eigenvalue weighted by Crippen LogP contribution is -2.51. The molecule has 3 heterocycles. The van der Waals surface area contributed by atoms with E-state index in [2.05, 4.69) is 15.3 Å². The van der Waals surface area contributed by atoms with Gasteiger partial charge in [-0.2, -0.15) is 0 Å². The van der Waals surface area contributed by atoms with Gasteiger partial charge in [-0.05, 0) is 63.1 Å². The zero-order valence-electron chi connectivity index (χ0n) is 21.9. The Bertz CT molecular complexity index is 1250. The van der Waals surface area contributed by atoms with Crippen LogP contribution in [0.15, 0.2) is 42.7 Å². The van der Waals surface area contributed by atoms with Gasteiger partial charge in [0.25, 0.3) is 5.91 Å². The minimum absolute atomic E-state index is 0.108. The maximum atomic E-state index is 13.5. The lowest BCUT2D eigenvalue weighted by atomic mass is 9.99. The topological polar surface area (TPSA) is 96.9 Å². The number of methoxy groups -OCH3 is 1. The molecule has 0 saturated carbocycles. The molecule has 0 unspecified atom stereocenters. The molecule has 9 nitrogen and oxygen atoms in total. The van der Waals surface area contributed by atoms with Crippen LogP contribution < -0.4 is 10.1 Å². The second kappa shape index (κ2) is 11.2. The summed E-state index contributed by atoms with van der Waals surface area (Å²) in [7, 11) is 1.57. The predicted octanol–water partition coefficient (Wildman–Crippen LogP) is 4.88. The molecule has 196 valence electrons. The van der Waals surface area contributed by atoms with Gasteiger partial charge < -0.3 is 24.6 Å². The number of carbonyl (C=O) groups is 2. The number of aromatic nitrogens is 2. The highest BCUT2D eigenvalue weighted by Gasteiger charge is 2.29. The molecular formula is C27H33N5O4S. The van der Waals surface area contributed by atoms with E-state index in [4.69, 9.17) is 9.47 Å². The minimum atomic E-state index is -0.553. The fourth-order valence-corrected chi connectivity index (χ4v) is 4.87. The van der Waals surface area contributed by atoms with Crippen LogP contribution >= 0.6 is 11.3 Å². The van der Waals surface area contributed by atoms with Gasteiger partial charge in [-0.25, -0.2) is 14.8 Å². The number of thiazole rings is 1. The first kappa shape index (κ1) is 26.4. The Morgan fingerprint density at radius 3 is 2.46 bits per heavy atom. The first-order valence-corrected chi connectivity index (χ1v) is 13.0. The van der Waals surface area contributed by atoms with Crippen LogP contribution in [0.2, 0.25) is 0 Å². The van der Waals surface area contributed by atoms with Gasteiger partial charge in [-0.3, -0.25) is 4.79 Å². The number of hydrogen-bond acceptors (Lipinski definition) is 8. The molecule has 0 aliphatic carbocycles. The Hall–Kier alpha value is -3.66. The molecule has 1 aliphatic rings. The summed E-state index contributed by atoms with van der Waals surface area (Å²) in [6, 6.07) is 9.50. The Morgan fingerprint density at radius 1 is 1.08 bits per heavy atom. The molecule has 37 heavy (non-hydrogen) atoms. The number of ether oxygens (including phenoxy) is 2. The second-order valence-electron chi connectivity index (χ2n) is 9.89. The molecule has 3 aromatic rings. The molecule has 1 aromatic carbocycles.